The molecule has 0 spiro atoms. The van der Waals surface area contributed by atoms with Gasteiger partial charge in [-0.3, -0.25) is 9.59 Å². The van der Waals surface area contributed by atoms with E-state index >= 15 is 0 Å². The number of aliphatic carboxylic acids is 1. The van der Waals surface area contributed by atoms with Gasteiger partial charge in [-0.15, -0.1) is 0 Å². The summed E-state index contributed by atoms with van der Waals surface area (Å²) in [6, 6.07) is 0. The highest BCUT2D eigenvalue weighted by atomic mass is 16.6. The van der Waals surface area contributed by atoms with Crippen LogP contribution in [0.5, 0.6) is 0 Å². The molecule has 0 aliphatic carbocycles. The molecule has 44 heavy (non-hydrogen) atoms. The van der Waals surface area contributed by atoms with Crippen molar-refractivity contribution in [2.75, 3.05) is 73.2 Å². The lowest BCUT2D eigenvalue weighted by molar-refractivity contribution is -0.138. The molecule has 0 bridgehead atoms. The number of carbonyl (C=O) groups is 2. The topological polar surface area (TPSA) is 137 Å². The summed E-state index contributed by atoms with van der Waals surface area (Å²) in [6.07, 6.45) is -0.364. The van der Waals surface area contributed by atoms with Crippen LogP contribution in [0.25, 0.3) is 0 Å². The van der Waals surface area contributed by atoms with Gasteiger partial charge in [-0.2, -0.15) is 0 Å². The molecule has 0 aromatic rings. The number of carboxylic acid groups (broad SMARTS) is 1. The highest BCUT2D eigenvalue weighted by molar-refractivity contribution is 5.82. The first kappa shape index (κ1) is 42.8. The lowest BCUT2D eigenvalue weighted by atomic mass is 10.0. The molecule has 0 saturated heterocycles. The number of ether oxygens (including phenoxy) is 9. The Morgan fingerprint density at radius 3 is 1.18 bits per heavy atom. The third-order valence-corrected chi connectivity index (χ3v) is 6.34. The molecule has 8 atom stereocenters. The summed E-state index contributed by atoms with van der Waals surface area (Å²) in [6.45, 7) is 20.3. The first-order valence-electron chi connectivity index (χ1n) is 15.9. The highest BCUT2D eigenvalue weighted by Crippen LogP contribution is 2.09. The predicted molar refractivity (Wildman–Crippen MR) is 166 cm³/mol. The fourth-order valence-electron chi connectivity index (χ4n) is 3.65. The summed E-state index contributed by atoms with van der Waals surface area (Å²) in [4.78, 5) is 22.4. The van der Waals surface area contributed by atoms with E-state index in [9.17, 15) is 9.59 Å². The van der Waals surface area contributed by atoms with Crippen LogP contribution in [0.2, 0.25) is 0 Å². The lowest BCUT2D eigenvalue weighted by Crippen LogP contribution is -2.30. The number of ketones is 1. The summed E-state index contributed by atoms with van der Waals surface area (Å²) in [5.74, 6) is -0.999. The zero-order valence-electron chi connectivity index (χ0n) is 28.7. The number of hydrogen-bond acceptors (Lipinski definition) is 11. The van der Waals surface area contributed by atoms with Gasteiger partial charge < -0.3 is 47.7 Å². The lowest BCUT2D eigenvalue weighted by Gasteiger charge is -2.23. The Labute approximate surface area is 265 Å². The molecule has 12 heteroatoms. The van der Waals surface area contributed by atoms with Crippen LogP contribution >= 0.6 is 0 Å². The molecule has 0 aromatic carbocycles. The second-order valence-electron chi connectivity index (χ2n) is 11.8. The molecule has 0 radical (unpaired) electrons. The van der Waals surface area contributed by atoms with Crippen molar-refractivity contribution in [2.24, 2.45) is 5.92 Å². The van der Waals surface area contributed by atoms with E-state index in [1.165, 1.54) is 0 Å². The number of rotatable bonds is 31. The van der Waals surface area contributed by atoms with Crippen LogP contribution in [0.15, 0.2) is 0 Å². The molecule has 0 fully saturated rings. The van der Waals surface area contributed by atoms with Gasteiger partial charge >= 0.3 is 5.97 Å². The molecule has 0 amide bonds. The Morgan fingerprint density at radius 1 is 0.500 bits per heavy atom. The maximum atomic E-state index is 11.8. The van der Waals surface area contributed by atoms with Crippen molar-refractivity contribution >= 4 is 11.8 Å². The number of Topliss-reactive ketones (excluding diaryl/α,β-unsaturated/α-hetero) is 1. The van der Waals surface area contributed by atoms with Crippen molar-refractivity contribution in [1.82, 2.24) is 0 Å². The van der Waals surface area contributed by atoms with Gasteiger partial charge in [0.05, 0.1) is 115 Å². The zero-order chi connectivity index (χ0) is 33.3. The largest absolute Gasteiger partial charge is 0.481 e. The van der Waals surface area contributed by atoms with Gasteiger partial charge in [0.15, 0.2) is 0 Å². The third kappa shape index (κ3) is 27.1. The van der Waals surface area contributed by atoms with Crippen LogP contribution in [0.4, 0.5) is 0 Å². The van der Waals surface area contributed by atoms with E-state index in [1.807, 2.05) is 55.4 Å². The molecule has 0 rings (SSSR count). The van der Waals surface area contributed by atoms with Gasteiger partial charge in [0.25, 0.3) is 0 Å². The number of hydrogen-bond donors (Lipinski definition) is 1. The number of carbonyl (C=O) groups excluding carboxylic acids is 1. The van der Waals surface area contributed by atoms with E-state index in [-0.39, 0.29) is 67.3 Å². The van der Waals surface area contributed by atoms with Gasteiger partial charge in [0.1, 0.15) is 5.78 Å². The van der Waals surface area contributed by atoms with Crippen LogP contribution in [-0.2, 0) is 52.2 Å². The van der Waals surface area contributed by atoms with Crippen LogP contribution in [0, 0.1) is 5.92 Å². The van der Waals surface area contributed by atoms with Crippen molar-refractivity contribution in [2.45, 2.75) is 117 Å². The van der Waals surface area contributed by atoms with Crippen molar-refractivity contribution < 1.29 is 57.3 Å². The number of methoxy groups -OCH3 is 1. The average molecular weight is 639 g/mol. The zero-order valence-corrected chi connectivity index (χ0v) is 28.7. The van der Waals surface area contributed by atoms with E-state index < -0.39 is 5.97 Å². The Kier molecular flexibility index (Phi) is 26.2. The molecule has 1 N–H and O–H groups in total. The fourth-order valence-corrected chi connectivity index (χ4v) is 3.65. The summed E-state index contributed by atoms with van der Waals surface area (Å²) in [7, 11) is 1.65. The van der Waals surface area contributed by atoms with E-state index in [4.69, 9.17) is 47.7 Å². The SMILES string of the molecule is COCCOCC(C)OCC(C)OCC(C)OCC(C)OCC(C)OCC(C)OCC(C)OCC(C)CC(=O)CCC(=O)O. The van der Waals surface area contributed by atoms with Crippen molar-refractivity contribution in [3.8, 4) is 0 Å². The maximum absolute atomic E-state index is 11.8. The smallest absolute Gasteiger partial charge is 0.303 e. The molecule has 0 heterocycles. The molecule has 12 nitrogen and oxygen atoms in total. The van der Waals surface area contributed by atoms with E-state index in [0.29, 0.717) is 72.5 Å². The van der Waals surface area contributed by atoms with Gasteiger partial charge in [-0.1, -0.05) is 6.92 Å². The van der Waals surface area contributed by atoms with Gasteiger partial charge in [0.2, 0.25) is 0 Å². The summed E-state index contributed by atoms with van der Waals surface area (Å²) in [5, 5.41) is 8.68. The maximum Gasteiger partial charge on any atom is 0.303 e. The van der Waals surface area contributed by atoms with E-state index in [2.05, 4.69) is 0 Å². The predicted octanol–water partition coefficient (Wildman–Crippen LogP) is 3.95. The Balaban J connectivity index is 3.91. The fraction of sp³-hybridized carbons (Fsp3) is 0.938. The van der Waals surface area contributed by atoms with Crippen LogP contribution in [-0.4, -0.2) is 133 Å². The average Bonchev–Trinajstić information content (AvgIpc) is 2.98. The summed E-state index contributed by atoms with van der Waals surface area (Å²) < 4.78 is 51.3. The summed E-state index contributed by atoms with van der Waals surface area (Å²) in [5.41, 5.74) is 0. The van der Waals surface area contributed by atoms with Crippen LogP contribution < -0.4 is 0 Å². The normalized spacial score (nSPS) is 17.4. The van der Waals surface area contributed by atoms with E-state index in [0.717, 1.165) is 0 Å². The van der Waals surface area contributed by atoms with Crippen molar-refractivity contribution in [3.63, 3.8) is 0 Å². The summed E-state index contributed by atoms with van der Waals surface area (Å²) >= 11 is 0. The van der Waals surface area contributed by atoms with Crippen LogP contribution in [0.1, 0.15) is 74.7 Å². The monoisotopic (exact) mass is 638 g/mol. The molecule has 0 aliphatic heterocycles. The van der Waals surface area contributed by atoms with Crippen molar-refractivity contribution in [3.05, 3.63) is 0 Å². The minimum absolute atomic E-state index is 0.0140. The Morgan fingerprint density at radius 2 is 0.841 bits per heavy atom. The first-order chi connectivity index (χ1) is 20.8. The van der Waals surface area contributed by atoms with Gasteiger partial charge in [-0.25, -0.2) is 0 Å². The second kappa shape index (κ2) is 26.9. The molecule has 0 saturated carbocycles. The quantitative estimate of drug-likeness (QED) is 0.110. The molecular weight excluding hydrogens is 576 g/mol. The van der Waals surface area contributed by atoms with Gasteiger partial charge in [-0.05, 0) is 54.4 Å². The minimum Gasteiger partial charge on any atom is -0.481 e. The molecular formula is C32H62O12. The second-order valence-corrected chi connectivity index (χ2v) is 11.8. The van der Waals surface area contributed by atoms with Crippen molar-refractivity contribution in [1.29, 1.82) is 0 Å². The first-order valence-corrected chi connectivity index (χ1v) is 15.9. The standard InChI is InChI=1S/C32H62O12/c1-23(14-31(33)10-11-32(34)35)15-38-25(3)17-40-27(5)19-42-29(7)21-44-30(8)22-43-28(6)20-41-26(4)18-39-24(2)16-37-13-12-36-9/h23-30H,10-22H2,1-9H3,(H,34,35). The van der Waals surface area contributed by atoms with E-state index in [1.54, 1.807) is 7.11 Å². The minimum atomic E-state index is -0.959. The van der Waals surface area contributed by atoms with Gasteiger partial charge in [0, 0.05) is 20.0 Å². The third-order valence-electron chi connectivity index (χ3n) is 6.34. The molecule has 8 unspecified atom stereocenters. The Bertz CT molecular complexity index is 709. The van der Waals surface area contributed by atoms with Crippen LogP contribution in [0.3, 0.4) is 0 Å². The molecule has 0 aliphatic rings. The number of carboxylic acids is 1. The molecule has 262 valence electrons. The highest BCUT2D eigenvalue weighted by Gasteiger charge is 2.16. The Hall–Kier alpha value is -1.22. The molecule has 0 aromatic heterocycles.